The van der Waals surface area contributed by atoms with E-state index >= 15 is 0 Å². The van der Waals surface area contributed by atoms with Gasteiger partial charge in [0.1, 0.15) is 5.82 Å². The molecular weight excluding hydrogens is 449 g/mol. The normalized spacial score (nSPS) is 12.3. The molecule has 0 fully saturated rings. The van der Waals surface area contributed by atoms with Gasteiger partial charge in [-0.25, -0.2) is 4.39 Å². The fourth-order valence-corrected chi connectivity index (χ4v) is 4.67. The average molecular weight is 478 g/mol. The Morgan fingerprint density at radius 3 is 2.44 bits per heavy atom. The molecule has 4 aromatic rings. The van der Waals surface area contributed by atoms with Crippen molar-refractivity contribution >= 4 is 34.1 Å². The summed E-state index contributed by atoms with van der Waals surface area (Å²) in [5, 5.41) is 11.5. The molecule has 6 nitrogen and oxygen atoms in total. The number of hydrogen-bond acceptors (Lipinski definition) is 5. The Morgan fingerprint density at radius 1 is 1.03 bits per heavy atom. The SMILES string of the molecule is CCN(C(=O)CSc1nnc(C(C)N(C)C)n1-c1ccc(F)cc1)c1cccc2ccccc12. The summed E-state index contributed by atoms with van der Waals surface area (Å²) in [6, 6.07) is 20.3. The predicted octanol–water partition coefficient (Wildman–Crippen LogP) is 5.33. The standard InChI is InChI=1S/C26H28FN5OS/c1-5-31(23-12-8-10-19-9-6-7-11-22(19)23)24(33)17-34-26-29-28-25(18(2)30(3)4)32(26)21-15-13-20(27)14-16-21/h6-16,18H,5,17H2,1-4H3. The molecule has 0 bridgehead atoms. The fourth-order valence-electron chi connectivity index (χ4n) is 3.84. The number of hydrogen-bond donors (Lipinski definition) is 0. The van der Waals surface area contributed by atoms with Gasteiger partial charge in [0.15, 0.2) is 11.0 Å². The van der Waals surface area contributed by atoms with Crippen molar-refractivity contribution in [3.63, 3.8) is 0 Å². The lowest BCUT2D eigenvalue weighted by molar-refractivity contribution is -0.116. The zero-order valence-corrected chi connectivity index (χ0v) is 20.6. The summed E-state index contributed by atoms with van der Waals surface area (Å²) in [6.45, 7) is 4.56. The van der Waals surface area contributed by atoms with E-state index in [0.717, 1.165) is 28.0 Å². The Morgan fingerprint density at radius 2 is 1.74 bits per heavy atom. The van der Waals surface area contributed by atoms with Gasteiger partial charge in [-0.3, -0.25) is 14.3 Å². The number of carbonyl (C=O) groups excluding carboxylic acids is 1. The zero-order valence-electron chi connectivity index (χ0n) is 19.8. The van der Waals surface area contributed by atoms with Crippen LogP contribution < -0.4 is 4.90 Å². The molecule has 0 N–H and O–H groups in total. The summed E-state index contributed by atoms with van der Waals surface area (Å²) in [5.74, 6) is 0.608. The van der Waals surface area contributed by atoms with Gasteiger partial charge in [-0.05, 0) is 63.7 Å². The maximum atomic E-state index is 13.6. The van der Waals surface area contributed by atoms with Crippen molar-refractivity contribution in [2.24, 2.45) is 0 Å². The number of fused-ring (bicyclic) bond motifs is 1. The molecule has 8 heteroatoms. The van der Waals surface area contributed by atoms with E-state index in [-0.39, 0.29) is 23.5 Å². The molecule has 0 saturated heterocycles. The first-order chi connectivity index (χ1) is 16.4. The first-order valence-corrected chi connectivity index (χ1v) is 12.2. The highest BCUT2D eigenvalue weighted by Gasteiger charge is 2.23. The van der Waals surface area contributed by atoms with E-state index in [1.54, 1.807) is 17.0 Å². The molecule has 3 aromatic carbocycles. The molecule has 0 aliphatic rings. The molecule has 1 atom stereocenters. The number of aromatic nitrogens is 3. The van der Waals surface area contributed by atoms with Crippen LogP contribution in [0.25, 0.3) is 16.5 Å². The maximum absolute atomic E-state index is 13.6. The second-order valence-corrected chi connectivity index (χ2v) is 9.16. The summed E-state index contributed by atoms with van der Waals surface area (Å²) in [5.41, 5.74) is 1.65. The third-order valence-corrected chi connectivity index (χ3v) is 6.80. The lowest BCUT2D eigenvalue weighted by atomic mass is 10.1. The van der Waals surface area contributed by atoms with Crippen molar-refractivity contribution < 1.29 is 9.18 Å². The number of rotatable bonds is 8. The minimum absolute atomic E-state index is 0.0142. The van der Waals surface area contributed by atoms with Crippen LogP contribution in [0, 0.1) is 5.82 Å². The van der Waals surface area contributed by atoms with Crippen LogP contribution in [0.5, 0.6) is 0 Å². The number of benzene rings is 3. The quantitative estimate of drug-likeness (QED) is 0.321. The van der Waals surface area contributed by atoms with Crippen LogP contribution in [0.4, 0.5) is 10.1 Å². The Kier molecular flexibility index (Phi) is 7.29. The maximum Gasteiger partial charge on any atom is 0.237 e. The van der Waals surface area contributed by atoms with E-state index in [9.17, 15) is 9.18 Å². The highest BCUT2D eigenvalue weighted by molar-refractivity contribution is 7.99. The molecule has 34 heavy (non-hydrogen) atoms. The van der Waals surface area contributed by atoms with Crippen LogP contribution in [0.2, 0.25) is 0 Å². The van der Waals surface area contributed by atoms with Crippen molar-refractivity contribution in [1.82, 2.24) is 19.7 Å². The number of carbonyl (C=O) groups is 1. The monoisotopic (exact) mass is 477 g/mol. The van der Waals surface area contributed by atoms with Gasteiger partial charge in [0.2, 0.25) is 5.91 Å². The van der Waals surface area contributed by atoms with E-state index < -0.39 is 0 Å². The van der Waals surface area contributed by atoms with E-state index in [0.29, 0.717) is 11.7 Å². The van der Waals surface area contributed by atoms with E-state index in [1.165, 1.54) is 23.9 Å². The van der Waals surface area contributed by atoms with Gasteiger partial charge in [-0.15, -0.1) is 10.2 Å². The number of anilines is 1. The van der Waals surface area contributed by atoms with Crippen molar-refractivity contribution in [3.8, 4) is 5.69 Å². The van der Waals surface area contributed by atoms with E-state index in [1.807, 2.05) is 79.9 Å². The van der Waals surface area contributed by atoms with Crippen LogP contribution in [-0.2, 0) is 4.79 Å². The molecule has 0 saturated carbocycles. The van der Waals surface area contributed by atoms with Gasteiger partial charge in [0, 0.05) is 17.6 Å². The topological polar surface area (TPSA) is 54.3 Å². The number of thioether (sulfide) groups is 1. The van der Waals surface area contributed by atoms with Gasteiger partial charge < -0.3 is 4.90 Å². The molecule has 0 spiro atoms. The highest BCUT2D eigenvalue weighted by Crippen LogP contribution is 2.30. The smallest absolute Gasteiger partial charge is 0.237 e. The van der Waals surface area contributed by atoms with Gasteiger partial charge in [0.25, 0.3) is 0 Å². The molecule has 1 unspecified atom stereocenters. The first kappa shape index (κ1) is 23.9. The zero-order chi connectivity index (χ0) is 24.2. The summed E-state index contributed by atoms with van der Waals surface area (Å²) in [7, 11) is 3.93. The molecular formula is C26H28FN5OS. The van der Waals surface area contributed by atoms with Gasteiger partial charge >= 0.3 is 0 Å². The molecule has 1 aromatic heterocycles. The van der Waals surface area contributed by atoms with Crippen LogP contribution in [-0.4, -0.2) is 52.0 Å². The molecule has 0 radical (unpaired) electrons. The molecule has 0 aliphatic carbocycles. The number of amides is 1. The van der Waals surface area contributed by atoms with Gasteiger partial charge in [-0.1, -0.05) is 48.2 Å². The van der Waals surface area contributed by atoms with Crippen molar-refractivity contribution in [2.45, 2.75) is 25.0 Å². The Balaban J connectivity index is 1.62. The van der Waals surface area contributed by atoms with Crippen molar-refractivity contribution in [3.05, 3.63) is 78.4 Å². The molecule has 0 aliphatic heterocycles. The second-order valence-electron chi connectivity index (χ2n) is 8.22. The highest BCUT2D eigenvalue weighted by atomic mass is 32.2. The van der Waals surface area contributed by atoms with Crippen LogP contribution >= 0.6 is 11.8 Å². The Bertz CT molecular complexity index is 1280. The minimum Gasteiger partial charge on any atom is -0.311 e. The third-order valence-electron chi connectivity index (χ3n) is 5.89. The summed E-state index contributed by atoms with van der Waals surface area (Å²) in [6.07, 6.45) is 0. The predicted molar refractivity (Wildman–Crippen MR) is 136 cm³/mol. The van der Waals surface area contributed by atoms with Gasteiger partial charge in [0.05, 0.1) is 17.5 Å². The Labute approximate surface area is 203 Å². The average Bonchev–Trinajstić information content (AvgIpc) is 3.27. The number of halogens is 1. The lowest BCUT2D eigenvalue weighted by Gasteiger charge is -2.23. The lowest BCUT2D eigenvalue weighted by Crippen LogP contribution is -2.32. The molecule has 1 heterocycles. The van der Waals surface area contributed by atoms with Crippen LogP contribution in [0.3, 0.4) is 0 Å². The largest absolute Gasteiger partial charge is 0.311 e. The molecule has 1 amide bonds. The summed E-state index contributed by atoms with van der Waals surface area (Å²) >= 11 is 1.33. The summed E-state index contributed by atoms with van der Waals surface area (Å²) in [4.78, 5) is 17.2. The molecule has 176 valence electrons. The van der Waals surface area contributed by atoms with Gasteiger partial charge in [-0.2, -0.15) is 0 Å². The second kappa shape index (κ2) is 10.4. The number of nitrogens with zero attached hydrogens (tertiary/aromatic N) is 5. The van der Waals surface area contributed by atoms with Crippen molar-refractivity contribution in [1.29, 1.82) is 0 Å². The van der Waals surface area contributed by atoms with E-state index in [4.69, 9.17) is 0 Å². The van der Waals surface area contributed by atoms with Crippen LogP contribution in [0.15, 0.2) is 71.9 Å². The fraction of sp³-hybridized carbons (Fsp3) is 0.269. The molecule has 4 rings (SSSR count). The van der Waals surface area contributed by atoms with Crippen molar-refractivity contribution in [2.75, 3.05) is 31.3 Å². The first-order valence-electron chi connectivity index (χ1n) is 11.2. The Hall–Kier alpha value is -3.23. The summed E-state index contributed by atoms with van der Waals surface area (Å²) < 4.78 is 15.5. The minimum atomic E-state index is -0.308. The third kappa shape index (κ3) is 4.83. The van der Waals surface area contributed by atoms with E-state index in [2.05, 4.69) is 10.2 Å². The van der Waals surface area contributed by atoms with Crippen LogP contribution in [0.1, 0.15) is 25.7 Å².